The molecule has 13 rings (SSSR count). The maximum absolute atomic E-state index is 14.3. The number of aryl methyl sites for hydroxylation is 1. The van der Waals surface area contributed by atoms with Crippen molar-refractivity contribution in [1.29, 1.82) is 0 Å². The van der Waals surface area contributed by atoms with Crippen LogP contribution in [0, 0.1) is 30.2 Å². The van der Waals surface area contributed by atoms with Gasteiger partial charge in [0, 0.05) is 43.3 Å². The molecule has 0 saturated heterocycles. The Morgan fingerprint density at radius 1 is 0.660 bits per heavy atom. The Hall–Kier alpha value is -11.8. The summed E-state index contributed by atoms with van der Waals surface area (Å²) in [6.45, 7) is 1.66. The highest BCUT2D eigenvalue weighted by Gasteiger charge is 2.64. The van der Waals surface area contributed by atoms with E-state index in [9.17, 15) is 53.5 Å². The minimum absolute atomic E-state index is 0.00120. The number of hydrogen-bond acceptors (Lipinski definition) is 19. The van der Waals surface area contributed by atoms with Crippen molar-refractivity contribution in [3.05, 3.63) is 167 Å². The summed E-state index contributed by atoms with van der Waals surface area (Å²) >= 11 is 0. The molecule has 10 aromatic heterocycles. The summed E-state index contributed by atoms with van der Waals surface area (Å²) in [6, 6.07) is 23.8. The highest BCUT2D eigenvalue weighted by atomic mass is 19.4. The number of H-pyrrole nitrogens is 1. The maximum atomic E-state index is 14.3. The van der Waals surface area contributed by atoms with E-state index in [1.807, 2.05) is 24.4 Å². The fourth-order valence-electron chi connectivity index (χ4n) is 9.95. The predicted octanol–water partition coefficient (Wildman–Crippen LogP) is 9.90. The Balaban J connectivity index is 0.000000149. The normalized spacial score (nSPS) is 13.7. The van der Waals surface area contributed by atoms with Gasteiger partial charge >= 0.3 is 18.4 Å². The number of nitrogens with two attached hydrogens (primary N) is 2. The van der Waals surface area contributed by atoms with Crippen LogP contribution in [-0.2, 0) is 34.6 Å². The van der Waals surface area contributed by atoms with E-state index in [4.69, 9.17) is 11.5 Å². The van der Waals surface area contributed by atoms with Gasteiger partial charge in [0.15, 0.2) is 45.6 Å². The van der Waals surface area contributed by atoms with Crippen LogP contribution in [0.2, 0.25) is 0 Å². The molecule has 7 N–H and O–H groups in total. The van der Waals surface area contributed by atoms with Crippen LogP contribution in [0.15, 0.2) is 116 Å². The van der Waals surface area contributed by atoms with E-state index in [-0.39, 0.29) is 70.3 Å². The molecule has 12 aromatic rings. The van der Waals surface area contributed by atoms with Gasteiger partial charge in [0.05, 0.1) is 66.8 Å². The number of halogens is 10. The Labute approximate surface area is 522 Å². The van der Waals surface area contributed by atoms with Gasteiger partial charge < -0.3 is 26.8 Å². The van der Waals surface area contributed by atoms with E-state index >= 15 is 0 Å². The Morgan fingerprint density at radius 3 is 1.72 bits per heavy atom. The van der Waals surface area contributed by atoms with Crippen LogP contribution in [0.3, 0.4) is 0 Å². The first-order chi connectivity index (χ1) is 44.8. The molecular weight excluding hydrogens is 1250 g/mol. The zero-order chi connectivity index (χ0) is 67.0. The average molecular weight is 1300 g/mol. The second kappa shape index (κ2) is 25.5. The largest absolute Gasteiger partial charge is 0.452 e. The maximum Gasteiger partial charge on any atom is 0.413 e. The SMILES string of the molecule is COC(=O)N(C)c1c(N)nc(-c2nn(Cc3ccccc3F)c3ncccc23)nc1N.C[C@@]1(C(F)(F)F)C(=O)Nc2nc(-c3nn(Cc4ncccc4F)c4ncc(F)cc34)nc(NCCC(F)(F)F)c21.Cc1nc(-c2nn(Cc3ccccc3F)c3ncccc23)n[nH]1. The lowest BCUT2D eigenvalue weighted by molar-refractivity contribution is -0.186. The smallest absolute Gasteiger partial charge is 0.413 e. The number of pyridine rings is 4. The number of aromatic amines is 1. The number of alkyl halides is 6. The molecule has 0 spiro atoms. The highest BCUT2D eigenvalue weighted by molar-refractivity contribution is 6.08. The fraction of sp³-hybridized carbons (Fsp3) is 0.203. The van der Waals surface area contributed by atoms with E-state index in [1.54, 1.807) is 70.3 Å². The molecule has 0 aliphatic carbocycles. The van der Waals surface area contributed by atoms with Gasteiger partial charge in [0.2, 0.25) is 11.7 Å². The predicted molar refractivity (Wildman–Crippen MR) is 320 cm³/mol. The van der Waals surface area contributed by atoms with Crippen molar-refractivity contribution in [2.24, 2.45) is 0 Å². The summed E-state index contributed by atoms with van der Waals surface area (Å²) in [5.74, 6) is -4.09. The number of aromatic nitrogens is 17. The molecule has 2 aromatic carbocycles. The van der Waals surface area contributed by atoms with Gasteiger partial charge in [0.1, 0.15) is 63.5 Å². The minimum Gasteiger partial charge on any atom is -0.452 e. The number of carbonyl (C=O) groups is 2. The van der Waals surface area contributed by atoms with Gasteiger partial charge in [-0.2, -0.15) is 46.7 Å². The quantitative estimate of drug-likeness (QED) is 0.0670. The first-order valence-electron chi connectivity index (χ1n) is 27.8. The van der Waals surface area contributed by atoms with E-state index in [2.05, 4.69) is 80.4 Å². The molecule has 0 bridgehead atoms. The van der Waals surface area contributed by atoms with Gasteiger partial charge in [-0.15, -0.1) is 0 Å². The number of nitrogens with zero attached hydrogens (tertiary/aromatic N) is 17. The molecule has 0 fully saturated rings. The zero-order valence-electron chi connectivity index (χ0n) is 49.3. The molecule has 1 aliphatic heterocycles. The Kier molecular flexibility index (Phi) is 17.3. The minimum atomic E-state index is -5.16. The van der Waals surface area contributed by atoms with Crippen LogP contribution in [0.1, 0.15) is 41.6 Å². The van der Waals surface area contributed by atoms with Gasteiger partial charge in [-0.3, -0.25) is 19.8 Å². The monoisotopic (exact) mass is 1300 g/mol. The second-order valence-electron chi connectivity index (χ2n) is 20.8. The number of benzene rings is 2. The first kappa shape index (κ1) is 63.7. The molecule has 35 heteroatoms. The summed E-state index contributed by atoms with van der Waals surface area (Å²) in [4.78, 5) is 63.0. The standard InChI is InChI=1S/C23H16F8N8O.C20H19FN8O2.C16H13FN6/c1-21(23(29,30)31)14-16(33-6-4-22(26,27)28)35-18(36-17(14)37-20(21)40)15-11-7-10(24)8-34-19(11)39(38-15)9-13-12(25)3-2-5-32-13;1-28(20(30)31-2)15-16(22)25-18(26-17(15)23)14-12-7-5-9-24-19(12)29(27-14)10-11-6-3-4-8-13(11)21;1-10-19-15(21-20-10)14-12-6-4-8-18-16(12)23(22-14)9-11-5-2-3-7-13(11)17/h2-3,5,7-8H,4,6,9H2,1H3,(H2,33,35,36,37,40);3-9H,10H2,1-2H3,(H4,22,23,25,26);2-8H,9H2,1H3,(H,19,20,21)/t21-;;/m0../s1. The van der Waals surface area contributed by atoms with Crippen molar-refractivity contribution < 1.29 is 58.2 Å². The molecule has 11 heterocycles. The van der Waals surface area contributed by atoms with Crippen LogP contribution in [0.5, 0.6) is 0 Å². The van der Waals surface area contributed by atoms with Crippen LogP contribution < -0.4 is 27.0 Å². The number of rotatable bonds is 13. The van der Waals surface area contributed by atoms with Crippen LogP contribution in [0.25, 0.3) is 67.7 Å². The van der Waals surface area contributed by atoms with Crippen molar-refractivity contribution >= 4 is 74.1 Å². The van der Waals surface area contributed by atoms with Crippen molar-refractivity contribution in [1.82, 2.24) is 84.4 Å². The summed E-state index contributed by atoms with van der Waals surface area (Å²) in [5.41, 5.74) is 11.2. The van der Waals surface area contributed by atoms with Crippen LogP contribution in [0.4, 0.5) is 77.7 Å². The molecule has 1 atom stereocenters. The number of hydrogen-bond donors (Lipinski definition) is 5. The van der Waals surface area contributed by atoms with E-state index < -0.39 is 77.4 Å². The number of amides is 2. The van der Waals surface area contributed by atoms with Crippen LogP contribution in [-0.4, -0.2) is 129 Å². The Morgan fingerprint density at radius 2 is 1.18 bits per heavy atom. The lowest BCUT2D eigenvalue weighted by Crippen LogP contribution is -2.45. The van der Waals surface area contributed by atoms with E-state index in [1.165, 1.54) is 38.6 Å². The van der Waals surface area contributed by atoms with Gasteiger partial charge in [-0.05, 0) is 68.4 Å². The molecule has 0 unspecified atom stereocenters. The molecule has 482 valence electrons. The summed E-state index contributed by atoms with van der Waals surface area (Å²) in [7, 11) is 2.68. The molecule has 1 aliphatic rings. The fourth-order valence-corrected chi connectivity index (χ4v) is 9.95. The Bertz CT molecular complexity index is 4840. The summed E-state index contributed by atoms with van der Waals surface area (Å²) in [6.07, 6.45) is -6.43. The first-order valence-corrected chi connectivity index (χ1v) is 27.8. The van der Waals surface area contributed by atoms with E-state index in [0.29, 0.717) is 64.3 Å². The summed E-state index contributed by atoms with van der Waals surface area (Å²) in [5, 5.41) is 26.0. The third kappa shape index (κ3) is 12.7. The average Bonchev–Trinajstić information content (AvgIpc) is 1.55. The number of fused-ring (bicyclic) bond motifs is 4. The lowest BCUT2D eigenvalue weighted by atomic mass is 9.83. The second-order valence-corrected chi connectivity index (χ2v) is 20.8. The number of anilines is 5. The molecule has 94 heavy (non-hydrogen) atoms. The van der Waals surface area contributed by atoms with Gasteiger partial charge in [0.25, 0.3) is 0 Å². The number of carbonyl (C=O) groups excluding carboxylic acids is 2. The van der Waals surface area contributed by atoms with E-state index in [0.717, 1.165) is 33.3 Å². The van der Waals surface area contributed by atoms with Crippen LogP contribution >= 0.6 is 0 Å². The third-order valence-corrected chi connectivity index (χ3v) is 14.6. The van der Waals surface area contributed by atoms with Gasteiger partial charge in [-0.25, -0.2) is 76.3 Å². The summed E-state index contributed by atoms with van der Waals surface area (Å²) < 4.78 is 146. The van der Waals surface area contributed by atoms with Crippen molar-refractivity contribution in [3.8, 4) is 34.6 Å². The third-order valence-electron chi connectivity index (χ3n) is 14.6. The molecule has 0 saturated carbocycles. The van der Waals surface area contributed by atoms with Crippen molar-refractivity contribution in [3.63, 3.8) is 0 Å². The number of methoxy groups -OCH3 is 1. The van der Waals surface area contributed by atoms with Gasteiger partial charge in [-0.1, -0.05) is 36.4 Å². The lowest BCUT2D eigenvalue weighted by Gasteiger charge is -2.26. The molecular formula is C59H48F10N22O3. The topological polar surface area (TPSA) is 321 Å². The molecule has 0 radical (unpaired) electrons. The zero-order valence-corrected chi connectivity index (χ0v) is 49.3. The molecule has 2 amide bonds. The number of nitrogens with one attached hydrogen (secondary N) is 3. The highest BCUT2D eigenvalue weighted by Crippen LogP contribution is 2.51. The number of ether oxygens (including phenoxy) is 1. The number of nitrogen functional groups attached to an aromatic ring is 2. The van der Waals surface area contributed by atoms with Crippen molar-refractivity contribution in [2.75, 3.05) is 47.7 Å². The molecule has 25 nitrogen and oxygen atoms in total. The van der Waals surface area contributed by atoms with Crippen molar-refractivity contribution in [2.45, 2.75) is 57.7 Å².